The van der Waals surface area contributed by atoms with Crippen molar-refractivity contribution >= 4 is 23.2 Å². The highest BCUT2D eigenvalue weighted by Crippen LogP contribution is 2.18. The van der Waals surface area contributed by atoms with Crippen LogP contribution in [0.5, 0.6) is 0 Å². The van der Waals surface area contributed by atoms with Crippen LogP contribution >= 0.6 is 11.3 Å². The molecule has 0 aliphatic carbocycles. The quantitative estimate of drug-likeness (QED) is 0.703. The van der Waals surface area contributed by atoms with E-state index < -0.39 is 17.9 Å². The molecule has 2 rings (SSSR count). The van der Waals surface area contributed by atoms with Gasteiger partial charge in [0, 0.05) is 13.1 Å². The first-order valence-electron chi connectivity index (χ1n) is 7.07. The SMILES string of the molecule is O=C(NCC[C@@H](O)c1ccsc1)C(=O)NCc1ccc(F)cc1. The first kappa shape index (κ1) is 17.1. The van der Waals surface area contributed by atoms with Gasteiger partial charge in [0.2, 0.25) is 0 Å². The molecule has 1 heterocycles. The lowest BCUT2D eigenvalue weighted by Crippen LogP contribution is -2.40. The van der Waals surface area contributed by atoms with E-state index in [0.29, 0.717) is 12.0 Å². The van der Waals surface area contributed by atoms with Crippen molar-refractivity contribution in [1.82, 2.24) is 10.6 Å². The molecule has 2 amide bonds. The molecule has 2 aromatic rings. The zero-order valence-corrected chi connectivity index (χ0v) is 13.1. The number of hydrogen-bond acceptors (Lipinski definition) is 4. The maximum absolute atomic E-state index is 12.7. The van der Waals surface area contributed by atoms with Crippen LogP contribution in [0.15, 0.2) is 41.1 Å². The molecule has 1 aromatic heterocycles. The molecule has 0 fully saturated rings. The molecule has 0 unspecified atom stereocenters. The minimum Gasteiger partial charge on any atom is -0.388 e. The Bertz CT molecular complexity index is 644. The highest BCUT2D eigenvalue weighted by Gasteiger charge is 2.14. The summed E-state index contributed by atoms with van der Waals surface area (Å²) < 4.78 is 12.7. The van der Waals surface area contributed by atoms with E-state index in [1.54, 1.807) is 0 Å². The van der Waals surface area contributed by atoms with E-state index >= 15 is 0 Å². The van der Waals surface area contributed by atoms with Gasteiger partial charge in [-0.05, 0) is 46.5 Å². The maximum Gasteiger partial charge on any atom is 0.309 e. The van der Waals surface area contributed by atoms with Crippen molar-refractivity contribution in [2.75, 3.05) is 6.54 Å². The Hall–Kier alpha value is -2.25. The number of thiophene rings is 1. The maximum atomic E-state index is 12.7. The average molecular weight is 336 g/mol. The highest BCUT2D eigenvalue weighted by atomic mass is 32.1. The summed E-state index contributed by atoms with van der Waals surface area (Å²) in [5.41, 5.74) is 1.49. The number of nitrogens with one attached hydrogen (secondary N) is 2. The van der Waals surface area contributed by atoms with Gasteiger partial charge in [0.05, 0.1) is 6.10 Å². The highest BCUT2D eigenvalue weighted by molar-refractivity contribution is 7.07. The van der Waals surface area contributed by atoms with Crippen LogP contribution in [0.2, 0.25) is 0 Å². The van der Waals surface area contributed by atoms with Crippen molar-refractivity contribution in [3.63, 3.8) is 0 Å². The van der Waals surface area contributed by atoms with Gasteiger partial charge in [-0.1, -0.05) is 12.1 Å². The Labute approximate surface area is 137 Å². The van der Waals surface area contributed by atoms with Gasteiger partial charge >= 0.3 is 11.8 Å². The molecule has 0 saturated carbocycles. The fourth-order valence-corrected chi connectivity index (χ4v) is 2.61. The van der Waals surface area contributed by atoms with Crippen LogP contribution in [0.3, 0.4) is 0 Å². The van der Waals surface area contributed by atoms with E-state index in [4.69, 9.17) is 0 Å². The van der Waals surface area contributed by atoms with Gasteiger partial charge in [-0.15, -0.1) is 0 Å². The second kappa shape index (κ2) is 8.40. The van der Waals surface area contributed by atoms with Crippen molar-refractivity contribution in [2.24, 2.45) is 0 Å². The van der Waals surface area contributed by atoms with E-state index in [-0.39, 0.29) is 18.9 Å². The molecule has 0 radical (unpaired) electrons. The number of rotatable bonds is 6. The number of aliphatic hydroxyl groups is 1. The van der Waals surface area contributed by atoms with Crippen LogP contribution in [0.4, 0.5) is 4.39 Å². The first-order valence-corrected chi connectivity index (χ1v) is 8.01. The van der Waals surface area contributed by atoms with Crippen LogP contribution in [0.1, 0.15) is 23.7 Å². The van der Waals surface area contributed by atoms with Crippen LogP contribution in [0, 0.1) is 5.82 Å². The van der Waals surface area contributed by atoms with Crippen molar-refractivity contribution < 1.29 is 19.1 Å². The van der Waals surface area contributed by atoms with Crippen molar-refractivity contribution in [3.05, 3.63) is 58.0 Å². The number of halogens is 1. The summed E-state index contributed by atoms with van der Waals surface area (Å²) in [6, 6.07) is 7.45. The predicted octanol–water partition coefficient (Wildman–Crippen LogP) is 1.74. The van der Waals surface area contributed by atoms with Crippen LogP contribution in [-0.2, 0) is 16.1 Å². The van der Waals surface area contributed by atoms with Crippen molar-refractivity contribution in [1.29, 1.82) is 0 Å². The third-order valence-corrected chi connectivity index (χ3v) is 3.91. The molecule has 3 N–H and O–H groups in total. The fraction of sp³-hybridized carbons (Fsp3) is 0.250. The summed E-state index contributed by atoms with van der Waals surface area (Å²) in [4.78, 5) is 23.3. The fourth-order valence-electron chi connectivity index (χ4n) is 1.90. The number of carbonyl (C=O) groups is 2. The standard InChI is InChI=1S/C16H17FN2O3S/c17-13-3-1-11(2-4-13)9-19-16(22)15(21)18-7-5-14(20)12-6-8-23-10-12/h1-4,6,8,10,14,20H,5,7,9H2,(H,18,21)(H,19,22)/t14-/m1/s1. The molecule has 0 spiro atoms. The van der Waals surface area contributed by atoms with Crippen LogP contribution in [0.25, 0.3) is 0 Å². The van der Waals surface area contributed by atoms with Gasteiger partial charge in [-0.2, -0.15) is 11.3 Å². The lowest BCUT2D eigenvalue weighted by Gasteiger charge is -2.10. The molecule has 5 nitrogen and oxygen atoms in total. The Kier molecular flexibility index (Phi) is 6.25. The molecule has 0 aliphatic heterocycles. The first-order chi connectivity index (χ1) is 11.1. The number of benzene rings is 1. The second-order valence-electron chi connectivity index (χ2n) is 4.93. The van der Waals surface area contributed by atoms with E-state index in [1.165, 1.54) is 35.6 Å². The molecule has 1 atom stereocenters. The van der Waals surface area contributed by atoms with Crippen LogP contribution in [-0.4, -0.2) is 23.5 Å². The normalized spacial score (nSPS) is 11.7. The van der Waals surface area contributed by atoms with Crippen molar-refractivity contribution in [2.45, 2.75) is 19.1 Å². The molecule has 7 heteroatoms. The summed E-state index contributed by atoms with van der Waals surface area (Å²) >= 11 is 1.48. The third kappa shape index (κ3) is 5.46. The summed E-state index contributed by atoms with van der Waals surface area (Å²) in [5.74, 6) is -1.88. The minimum atomic E-state index is -0.764. The van der Waals surface area contributed by atoms with Crippen molar-refractivity contribution in [3.8, 4) is 0 Å². The molecular weight excluding hydrogens is 319 g/mol. The largest absolute Gasteiger partial charge is 0.388 e. The number of amides is 2. The third-order valence-electron chi connectivity index (χ3n) is 3.20. The van der Waals surface area contributed by atoms with E-state index in [0.717, 1.165) is 5.56 Å². The summed E-state index contributed by atoms with van der Waals surface area (Å²) in [6.07, 6.45) is -0.336. The molecule has 0 bridgehead atoms. The van der Waals surface area contributed by atoms with E-state index in [2.05, 4.69) is 10.6 Å². The topological polar surface area (TPSA) is 78.4 Å². The molecular formula is C16H17FN2O3S. The van der Waals surface area contributed by atoms with E-state index in [1.807, 2.05) is 16.8 Å². The molecule has 23 heavy (non-hydrogen) atoms. The van der Waals surface area contributed by atoms with Crippen LogP contribution < -0.4 is 10.6 Å². The summed E-state index contributed by atoms with van der Waals surface area (Å²) in [7, 11) is 0. The van der Waals surface area contributed by atoms with Gasteiger partial charge in [0.1, 0.15) is 5.82 Å². The summed E-state index contributed by atoms with van der Waals surface area (Å²) in [6.45, 7) is 0.337. The molecule has 0 saturated heterocycles. The Morgan fingerprint density at radius 2 is 1.83 bits per heavy atom. The Morgan fingerprint density at radius 1 is 1.13 bits per heavy atom. The Balaban J connectivity index is 1.68. The van der Waals surface area contributed by atoms with Gasteiger partial charge in [0.15, 0.2) is 0 Å². The monoisotopic (exact) mass is 336 g/mol. The number of aliphatic hydroxyl groups excluding tert-OH is 1. The van der Waals surface area contributed by atoms with Gasteiger partial charge in [0.25, 0.3) is 0 Å². The zero-order chi connectivity index (χ0) is 16.7. The lowest BCUT2D eigenvalue weighted by atomic mass is 10.1. The summed E-state index contributed by atoms with van der Waals surface area (Å²) in [5, 5.41) is 18.5. The molecule has 0 aliphatic rings. The predicted molar refractivity (Wildman–Crippen MR) is 85.2 cm³/mol. The second-order valence-corrected chi connectivity index (χ2v) is 5.71. The van der Waals surface area contributed by atoms with Gasteiger partial charge in [-0.25, -0.2) is 4.39 Å². The smallest absolute Gasteiger partial charge is 0.309 e. The van der Waals surface area contributed by atoms with Gasteiger partial charge < -0.3 is 15.7 Å². The van der Waals surface area contributed by atoms with Gasteiger partial charge in [-0.3, -0.25) is 9.59 Å². The number of carbonyl (C=O) groups excluding carboxylic acids is 2. The Morgan fingerprint density at radius 3 is 2.48 bits per heavy atom. The number of hydrogen-bond donors (Lipinski definition) is 3. The minimum absolute atomic E-state index is 0.143. The van der Waals surface area contributed by atoms with E-state index in [9.17, 15) is 19.1 Å². The molecule has 122 valence electrons. The average Bonchev–Trinajstić information content (AvgIpc) is 3.08. The lowest BCUT2D eigenvalue weighted by molar-refractivity contribution is -0.139. The zero-order valence-electron chi connectivity index (χ0n) is 12.3. The molecule has 1 aromatic carbocycles.